The predicted molar refractivity (Wildman–Crippen MR) is 79.8 cm³/mol. The third kappa shape index (κ3) is 4.27. The number of nitrogens with zero attached hydrogens (tertiary/aromatic N) is 1. The first-order valence-electron chi connectivity index (χ1n) is 7.07. The van der Waals surface area contributed by atoms with E-state index in [0.29, 0.717) is 26.2 Å². The van der Waals surface area contributed by atoms with Gasteiger partial charge in [-0.1, -0.05) is 12.1 Å². The Morgan fingerprint density at radius 2 is 2.33 bits per heavy atom. The number of anilines is 1. The Bertz CT molecular complexity index is 517. The lowest BCUT2D eigenvalue weighted by Crippen LogP contribution is -2.50. The largest absolute Gasteiger partial charge is 0.366 e. The Labute approximate surface area is 124 Å². The van der Waals surface area contributed by atoms with Crippen LogP contribution in [0, 0.1) is 6.92 Å². The van der Waals surface area contributed by atoms with Crippen LogP contribution in [0.4, 0.5) is 5.69 Å². The van der Waals surface area contributed by atoms with Crippen molar-refractivity contribution < 1.29 is 14.3 Å². The summed E-state index contributed by atoms with van der Waals surface area (Å²) in [5, 5.41) is 2.78. The van der Waals surface area contributed by atoms with E-state index >= 15 is 0 Å². The standard InChI is InChI=1S/C15H21N3O3/c1-11-3-2-4-12(9-11)17-14(19)10-13-15(20)18(6-5-16)7-8-21-13/h2-4,9,13H,5-8,10,16H2,1H3,(H,17,19)/t13-/m1/s1. The molecule has 0 unspecified atom stereocenters. The lowest BCUT2D eigenvalue weighted by molar-refractivity contribution is -0.154. The van der Waals surface area contributed by atoms with Crippen molar-refractivity contribution in [2.45, 2.75) is 19.4 Å². The van der Waals surface area contributed by atoms with Crippen LogP contribution in [0.3, 0.4) is 0 Å². The molecule has 0 saturated carbocycles. The molecule has 0 radical (unpaired) electrons. The zero-order chi connectivity index (χ0) is 15.2. The maximum atomic E-state index is 12.1. The predicted octanol–water partition coefficient (Wildman–Crippen LogP) is 0.510. The molecule has 0 spiro atoms. The second-order valence-electron chi connectivity index (χ2n) is 5.10. The van der Waals surface area contributed by atoms with Gasteiger partial charge in [0.1, 0.15) is 6.10 Å². The SMILES string of the molecule is Cc1cccc(NC(=O)C[C@H]2OCCN(CCN)C2=O)c1. The third-order valence-electron chi connectivity index (χ3n) is 3.34. The van der Waals surface area contributed by atoms with Gasteiger partial charge in [-0.15, -0.1) is 0 Å². The van der Waals surface area contributed by atoms with Crippen LogP contribution in [0.25, 0.3) is 0 Å². The van der Waals surface area contributed by atoms with E-state index < -0.39 is 6.10 Å². The number of amides is 2. The summed E-state index contributed by atoms with van der Waals surface area (Å²) in [5.74, 6) is -0.389. The molecule has 3 N–H and O–H groups in total. The van der Waals surface area contributed by atoms with Crippen LogP contribution < -0.4 is 11.1 Å². The average Bonchev–Trinajstić information content (AvgIpc) is 2.43. The van der Waals surface area contributed by atoms with E-state index in [-0.39, 0.29) is 18.2 Å². The summed E-state index contributed by atoms with van der Waals surface area (Å²) >= 11 is 0. The van der Waals surface area contributed by atoms with Crippen LogP contribution in [-0.2, 0) is 14.3 Å². The van der Waals surface area contributed by atoms with Crippen molar-refractivity contribution in [2.24, 2.45) is 5.73 Å². The van der Waals surface area contributed by atoms with Gasteiger partial charge in [-0.05, 0) is 24.6 Å². The van der Waals surface area contributed by atoms with Gasteiger partial charge in [0.2, 0.25) is 5.91 Å². The fourth-order valence-corrected chi connectivity index (χ4v) is 2.32. The molecule has 2 amide bonds. The lowest BCUT2D eigenvalue weighted by Gasteiger charge is -2.31. The van der Waals surface area contributed by atoms with Crippen molar-refractivity contribution in [1.29, 1.82) is 0 Å². The fraction of sp³-hybridized carbons (Fsp3) is 0.467. The minimum absolute atomic E-state index is 0.0217. The number of nitrogens with two attached hydrogens (primary N) is 1. The van der Waals surface area contributed by atoms with Gasteiger partial charge in [-0.3, -0.25) is 9.59 Å². The number of morpholine rings is 1. The summed E-state index contributed by atoms with van der Waals surface area (Å²) in [6, 6.07) is 7.52. The molecule has 1 aliphatic heterocycles. The van der Waals surface area contributed by atoms with E-state index in [1.807, 2.05) is 31.2 Å². The maximum absolute atomic E-state index is 12.1. The molecule has 1 aromatic rings. The zero-order valence-corrected chi connectivity index (χ0v) is 12.2. The van der Waals surface area contributed by atoms with Crippen molar-refractivity contribution in [3.63, 3.8) is 0 Å². The van der Waals surface area contributed by atoms with Gasteiger partial charge in [0.25, 0.3) is 5.91 Å². The normalized spacial score (nSPS) is 18.7. The second-order valence-corrected chi connectivity index (χ2v) is 5.10. The van der Waals surface area contributed by atoms with E-state index in [1.54, 1.807) is 4.90 Å². The molecule has 2 rings (SSSR count). The molecule has 1 aliphatic rings. The first kappa shape index (κ1) is 15.5. The van der Waals surface area contributed by atoms with Crippen LogP contribution in [0.5, 0.6) is 0 Å². The number of aryl methyl sites for hydroxylation is 1. The van der Waals surface area contributed by atoms with Crippen LogP contribution >= 0.6 is 0 Å². The summed E-state index contributed by atoms with van der Waals surface area (Å²) in [4.78, 5) is 25.8. The minimum atomic E-state index is -0.713. The van der Waals surface area contributed by atoms with Crippen molar-refractivity contribution in [1.82, 2.24) is 4.90 Å². The molecule has 6 heteroatoms. The molecule has 21 heavy (non-hydrogen) atoms. The molecule has 114 valence electrons. The number of carbonyl (C=O) groups excluding carboxylic acids is 2. The molecule has 1 saturated heterocycles. The van der Waals surface area contributed by atoms with Crippen molar-refractivity contribution >= 4 is 17.5 Å². The Kier molecular flexibility index (Phi) is 5.30. The Balaban J connectivity index is 1.91. The van der Waals surface area contributed by atoms with E-state index in [2.05, 4.69) is 5.32 Å². The van der Waals surface area contributed by atoms with E-state index in [9.17, 15) is 9.59 Å². The molecule has 1 aromatic carbocycles. The van der Waals surface area contributed by atoms with Crippen molar-refractivity contribution in [3.8, 4) is 0 Å². The van der Waals surface area contributed by atoms with Crippen molar-refractivity contribution in [3.05, 3.63) is 29.8 Å². The number of carbonyl (C=O) groups is 2. The van der Waals surface area contributed by atoms with Crippen molar-refractivity contribution in [2.75, 3.05) is 31.6 Å². The van der Waals surface area contributed by atoms with Gasteiger partial charge in [0.15, 0.2) is 0 Å². The molecule has 0 aliphatic carbocycles. The van der Waals surface area contributed by atoms with Gasteiger partial charge in [-0.2, -0.15) is 0 Å². The van der Waals surface area contributed by atoms with E-state index in [4.69, 9.17) is 10.5 Å². The zero-order valence-electron chi connectivity index (χ0n) is 12.2. The molecule has 6 nitrogen and oxygen atoms in total. The first-order chi connectivity index (χ1) is 10.1. The summed E-state index contributed by atoms with van der Waals surface area (Å²) in [7, 11) is 0. The van der Waals surface area contributed by atoms with Gasteiger partial charge >= 0.3 is 0 Å². The lowest BCUT2D eigenvalue weighted by atomic mass is 10.1. The molecule has 1 heterocycles. The highest BCUT2D eigenvalue weighted by Gasteiger charge is 2.30. The number of ether oxygens (including phenoxy) is 1. The first-order valence-corrected chi connectivity index (χ1v) is 7.07. The van der Waals surface area contributed by atoms with Crippen LogP contribution in [0.1, 0.15) is 12.0 Å². The molecular formula is C15H21N3O3. The molecular weight excluding hydrogens is 270 g/mol. The summed E-state index contributed by atoms with van der Waals surface area (Å²) in [6.07, 6.45) is -0.691. The Morgan fingerprint density at radius 1 is 1.52 bits per heavy atom. The van der Waals surface area contributed by atoms with Gasteiger partial charge in [0.05, 0.1) is 13.0 Å². The summed E-state index contributed by atoms with van der Waals surface area (Å²) < 4.78 is 5.41. The number of benzene rings is 1. The topological polar surface area (TPSA) is 84.7 Å². The van der Waals surface area contributed by atoms with Gasteiger partial charge < -0.3 is 20.7 Å². The molecule has 1 fully saturated rings. The maximum Gasteiger partial charge on any atom is 0.252 e. The number of hydrogen-bond donors (Lipinski definition) is 2. The summed E-state index contributed by atoms with van der Waals surface area (Å²) in [5.41, 5.74) is 7.26. The van der Waals surface area contributed by atoms with Crippen LogP contribution in [-0.4, -0.2) is 49.1 Å². The van der Waals surface area contributed by atoms with Crippen LogP contribution in [0.2, 0.25) is 0 Å². The van der Waals surface area contributed by atoms with E-state index in [1.165, 1.54) is 0 Å². The minimum Gasteiger partial charge on any atom is -0.366 e. The smallest absolute Gasteiger partial charge is 0.252 e. The quantitative estimate of drug-likeness (QED) is 0.828. The highest BCUT2D eigenvalue weighted by Crippen LogP contribution is 2.13. The summed E-state index contributed by atoms with van der Waals surface area (Å²) in [6.45, 7) is 3.83. The second kappa shape index (κ2) is 7.19. The fourth-order valence-electron chi connectivity index (χ4n) is 2.32. The molecule has 1 atom stereocenters. The Morgan fingerprint density at radius 3 is 3.05 bits per heavy atom. The molecule has 0 aromatic heterocycles. The highest BCUT2D eigenvalue weighted by atomic mass is 16.5. The highest BCUT2D eigenvalue weighted by molar-refractivity contribution is 5.95. The van der Waals surface area contributed by atoms with E-state index in [0.717, 1.165) is 11.3 Å². The number of hydrogen-bond acceptors (Lipinski definition) is 4. The number of nitrogens with one attached hydrogen (secondary N) is 1. The molecule has 0 bridgehead atoms. The average molecular weight is 291 g/mol. The monoisotopic (exact) mass is 291 g/mol. The number of rotatable bonds is 5. The van der Waals surface area contributed by atoms with Gasteiger partial charge in [0, 0.05) is 25.3 Å². The van der Waals surface area contributed by atoms with Gasteiger partial charge in [-0.25, -0.2) is 0 Å². The Hall–Kier alpha value is -1.92. The third-order valence-corrected chi connectivity index (χ3v) is 3.34. The van der Waals surface area contributed by atoms with Crippen LogP contribution in [0.15, 0.2) is 24.3 Å².